The number of rotatable bonds is 4. The van der Waals surface area contributed by atoms with Crippen molar-refractivity contribution in [2.45, 2.75) is 45.7 Å². The molecule has 0 saturated carbocycles. The Balaban J connectivity index is 2.54. The second kappa shape index (κ2) is 5.05. The molecular formula is C11H20N2OS. The Kier molecular flexibility index (Phi) is 4.25. The van der Waals surface area contributed by atoms with Crippen molar-refractivity contribution in [1.82, 2.24) is 10.3 Å². The topological polar surface area (TPSA) is 45.1 Å². The maximum Gasteiger partial charge on any atom is 0.0981 e. The standard InChI is InChI=1S/C11H20N2OS/c1-8(7-14)12-5-9-6-13-10(15-9)11(2,3)4/h6,8,12,14H,5,7H2,1-4H3. The van der Waals surface area contributed by atoms with Gasteiger partial charge in [-0.05, 0) is 6.92 Å². The van der Waals surface area contributed by atoms with Gasteiger partial charge >= 0.3 is 0 Å². The lowest BCUT2D eigenvalue weighted by Crippen LogP contribution is -2.28. The molecule has 0 bridgehead atoms. The molecule has 15 heavy (non-hydrogen) atoms. The van der Waals surface area contributed by atoms with Crippen LogP contribution in [0.5, 0.6) is 0 Å². The summed E-state index contributed by atoms with van der Waals surface area (Å²) < 4.78 is 0. The van der Waals surface area contributed by atoms with Crippen molar-refractivity contribution in [3.63, 3.8) is 0 Å². The lowest BCUT2D eigenvalue weighted by molar-refractivity contribution is 0.251. The van der Waals surface area contributed by atoms with Crippen molar-refractivity contribution in [1.29, 1.82) is 0 Å². The van der Waals surface area contributed by atoms with E-state index in [4.69, 9.17) is 5.11 Å². The molecule has 0 aliphatic carbocycles. The van der Waals surface area contributed by atoms with Gasteiger partial charge < -0.3 is 10.4 Å². The first-order chi connectivity index (χ1) is 6.93. The molecule has 1 atom stereocenters. The molecule has 0 fully saturated rings. The van der Waals surface area contributed by atoms with Gasteiger partial charge in [-0.3, -0.25) is 0 Å². The molecule has 1 aromatic rings. The van der Waals surface area contributed by atoms with Crippen LogP contribution in [0.1, 0.15) is 37.6 Å². The van der Waals surface area contributed by atoms with Crippen LogP contribution in [0.15, 0.2) is 6.20 Å². The summed E-state index contributed by atoms with van der Waals surface area (Å²) in [5, 5.41) is 13.3. The molecule has 1 aromatic heterocycles. The van der Waals surface area contributed by atoms with Gasteiger partial charge in [-0.2, -0.15) is 0 Å². The highest BCUT2D eigenvalue weighted by molar-refractivity contribution is 7.11. The first-order valence-electron chi connectivity index (χ1n) is 5.23. The number of aliphatic hydroxyl groups excluding tert-OH is 1. The molecule has 0 spiro atoms. The number of nitrogens with zero attached hydrogens (tertiary/aromatic N) is 1. The lowest BCUT2D eigenvalue weighted by atomic mass is 9.98. The van der Waals surface area contributed by atoms with Gasteiger partial charge in [-0.15, -0.1) is 11.3 Å². The van der Waals surface area contributed by atoms with E-state index < -0.39 is 0 Å². The fraction of sp³-hybridized carbons (Fsp3) is 0.727. The fourth-order valence-corrected chi connectivity index (χ4v) is 2.00. The highest BCUT2D eigenvalue weighted by Gasteiger charge is 2.17. The van der Waals surface area contributed by atoms with Crippen molar-refractivity contribution < 1.29 is 5.11 Å². The summed E-state index contributed by atoms with van der Waals surface area (Å²) in [6.07, 6.45) is 1.92. The van der Waals surface area contributed by atoms with Gasteiger partial charge in [0.2, 0.25) is 0 Å². The molecule has 0 saturated heterocycles. The Morgan fingerprint density at radius 1 is 1.53 bits per heavy atom. The second-order valence-electron chi connectivity index (χ2n) is 4.85. The Morgan fingerprint density at radius 3 is 2.67 bits per heavy atom. The monoisotopic (exact) mass is 228 g/mol. The zero-order valence-electron chi connectivity index (χ0n) is 9.87. The zero-order chi connectivity index (χ0) is 11.5. The number of nitrogens with one attached hydrogen (secondary N) is 1. The van der Waals surface area contributed by atoms with Gasteiger partial charge in [0.15, 0.2) is 0 Å². The molecule has 0 aliphatic rings. The molecule has 2 N–H and O–H groups in total. The van der Waals surface area contributed by atoms with Crippen molar-refractivity contribution >= 4 is 11.3 Å². The van der Waals surface area contributed by atoms with Crippen LogP contribution in [0, 0.1) is 0 Å². The summed E-state index contributed by atoms with van der Waals surface area (Å²) in [7, 11) is 0. The summed E-state index contributed by atoms with van der Waals surface area (Å²) in [5.74, 6) is 0. The van der Waals surface area contributed by atoms with Crippen LogP contribution in [-0.2, 0) is 12.0 Å². The molecule has 4 heteroatoms. The van der Waals surface area contributed by atoms with Crippen molar-refractivity contribution in [2.75, 3.05) is 6.61 Å². The molecule has 86 valence electrons. The van der Waals surface area contributed by atoms with Crippen molar-refractivity contribution in [3.05, 3.63) is 16.1 Å². The molecule has 1 rings (SSSR count). The van der Waals surface area contributed by atoms with Gasteiger partial charge in [0.25, 0.3) is 0 Å². The third kappa shape index (κ3) is 3.89. The Morgan fingerprint density at radius 2 is 2.20 bits per heavy atom. The summed E-state index contributed by atoms with van der Waals surface area (Å²) in [6, 6.07) is 0.144. The maximum atomic E-state index is 8.87. The quantitative estimate of drug-likeness (QED) is 0.827. The third-order valence-electron chi connectivity index (χ3n) is 2.09. The minimum atomic E-state index is 0.130. The van der Waals surface area contributed by atoms with Gasteiger partial charge in [-0.1, -0.05) is 20.8 Å². The van der Waals surface area contributed by atoms with Gasteiger partial charge in [-0.25, -0.2) is 4.98 Å². The molecular weight excluding hydrogens is 208 g/mol. The minimum absolute atomic E-state index is 0.130. The Hall–Kier alpha value is -0.450. The van der Waals surface area contributed by atoms with Crippen LogP contribution in [0.25, 0.3) is 0 Å². The largest absolute Gasteiger partial charge is 0.395 e. The Labute approximate surface area is 95.6 Å². The zero-order valence-corrected chi connectivity index (χ0v) is 10.7. The van der Waals surface area contributed by atoms with Crippen LogP contribution in [0.4, 0.5) is 0 Å². The summed E-state index contributed by atoms with van der Waals surface area (Å²) in [6.45, 7) is 9.42. The Bertz CT molecular complexity index is 304. The SMILES string of the molecule is CC(CO)NCc1cnc(C(C)(C)C)s1. The first kappa shape index (κ1) is 12.6. The summed E-state index contributed by atoms with van der Waals surface area (Å²) >= 11 is 1.74. The van der Waals surface area contributed by atoms with Crippen molar-refractivity contribution in [3.8, 4) is 0 Å². The lowest BCUT2D eigenvalue weighted by Gasteiger charge is -2.13. The molecule has 1 unspecified atom stereocenters. The predicted octanol–water partition coefficient (Wildman–Crippen LogP) is 1.91. The smallest absolute Gasteiger partial charge is 0.0981 e. The van der Waals surface area contributed by atoms with E-state index in [1.165, 1.54) is 4.88 Å². The average Bonchev–Trinajstić information content (AvgIpc) is 2.61. The first-order valence-corrected chi connectivity index (χ1v) is 6.04. The summed E-state index contributed by atoms with van der Waals surface area (Å²) in [5.41, 5.74) is 0.130. The van der Waals surface area contributed by atoms with Crippen LogP contribution in [0.3, 0.4) is 0 Å². The van der Waals surface area contributed by atoms with E-state index in [0.29, 0.717) is 0 Å². The van der Waals surface area contributed by atoms with Gasteiger partial charge in [0.05, 0.1) is 11.6 Å². The van der Waals surface area contributed by atoms with E-state index in [1.807, 2.05) is 13.1 Å². The van der Waals surface area contributed by atoms with E-state index in [1.54, 1.807) is 11.3 Å². The fourth-order valence-electron chi connectivity index (χ4n) is 1.08. The molecule has 0 amide bonds. The number of thiazole rings is 1. The van der Waals surface area contributed by atoms with E-state index in [9.17, 15) is 0 Å². The van der Waals surface area contributed by atoms with Crippen LogP contribution < -0.4 is 5.32 Å². The van der Waals surface area contributed by atoms with Crippen molar-refractivity contribution in [2.24, 2.45) is 0 Å². The number of aromatic nitrogens is 1. The number of aliphatic hydroxyl groups is 1. The van der Waals surface area contributed by atoms with Crippen LogP contribution in [0.2, 0.25) is 0 Å². The second-order valence-corrected chi connectivity index (χ2v) is 5.96. The number of hydrogen-bond acceptors (Lipinski definition) is 4. The molecule has 0 radical (unpaired) electrons. The summed E-state index contributed by atoms with van der Waals surface area (Å²) in [4.78, 5) is 5.63. The molecule has 0 aliphatic heterocycles. The van der Waals surface area contributed by atoms with E-state index >= 15 is 0 Å². The minimum Gasteiger partial charge on any atom is -0.395 e. The van der Waals surface area contributed by atoms with Gasteiger partial charge in [0.1, 0.15) is 0 Å². The number of hydrogen-bond donors (Lipinski definition) is 2. The molecule has 0 aromatic carbocycles. The average molecular weight is 228 g/mol. The van der Waals surface area contributed by atoms with E-state index in [0.717, 1.165) is 11.6 Å². The normalized spacial score (nSPS) is 14.2. The highest BCUT2D eigenvalue weighted by Crippen LogP contribution is 2.26. The van der Waals surface area contributed by atoms with E-state index in [-0.39, 0.29) is 18.1 Å². The molecule has 1 heterocycles. The highest BCUT2D eigenvalue weighted by atomic mass is 32.1. The van der Waals surface area contributed by atoms with Gasteiger partial charge in [0, 0.05) is 29.1 Å². The third-order valence-corrected chi connectivity index (χ3v) is 3.52. The van der Waals surface area contributed by atoms with Crippen LogP contribution >= 0.6 is 11.3 Å². The van der Waals surface area contributed by atoms with E-state index in [2.05, 4.69) is 31.1 Å². The predicted molar refractivity (Wildman–Crippen MR) is 64.2 cm³/mol. The maximum absolute atomic E-state index is 8.87. The molecule has 3 nitrogen and oxygen atoms in total. The van der Waals surface area contributed by atoms with Crippen LogP contribution in [-0.4, -0.2) is 22.7 Å².